The highest BCUT2D eigenvalue weighted by Crippen LogP contribution is 2.30. The summed E-state index contributed by atoms with van der Waals surface area (Å²) in [5.41, 5.74) is 2.12. The van der Waals surface area contributed by atoms with Crippen LogP contribution in [0, 0.1) is 0 Å². The van der Waals surface area contributed by atoms with E-state index in [4.69, 9.17) is 39.5 Å². The molecule has 0 unspecified atom stereocenters. The lowest BCUT2D eigenvalue weighted by Crippen LogP contribution is -2.12. The van der Waals surface area contributed by atoms with Crippen LogP contribution in [-0.2, 0) is 4.79 Å². The molecule has 1 aromatic heterocycles. The molecule has 9 heteroatoms. The molecule has 0 fully saturated rings. The molecular formula is C19H17Cl3N4O2. The zero-order valence-corrected chi connectivity index (χ0v) is 17.2. The Kier molecular flexibility index (Phi) is 6.78. The first-order valence-electron chi connectivity index (χ1n) is 8.53. The highest BCUT2D eigenvalue weighted by Gasteiger charge is 2.16. The predicted molar refractivity (Wildman–Crippen MR) is 112 cm³/mol. The van der Waals surface area contributed by atoms with Gasteiger partial charge in [-0.1, -0.05) is 30.1 Å². The number of hydrogen-bond acceptors (Lipinski definition) is 4. The number of rotatable bonds is 7. The van der Waals surface area contributed by atoms with Gasteiger partial charge in [0.2, 0.25) is 5.91 Å². The molecular weight excluding hydrogens is 423 g/mol. The Labute approximate surface area is 177 Å². The van der Waals surface area contributed by atoms with Crippen molar-refractivity contribution in [3.8, 4) is 23.1 Å². The molecule has 0 bridgehead atoms. The number of ether oxygens (including phenoxy) is 1. The number of benzene rings is 2. The van der Waals surface area contributed by atoms with Gasteiger partial charge >= 0.3 is 6.01 Å². The summed E-state index contributed by atoms with van der Waals surface area (Å²) in [5.74, 6) is 0.175. The summed E-state index contributed by atoms with van der Waals surface area (Å²) in [6.07, 6.45) is 0.839. The number of nitrogens with one attached hydrogen (secondary N) is 1. The van der Waals surface area contributed by atoms with Gasteiger partial charge in [-0.15, -0.1) is 16.7 Å². The van der Waals surface area contributed by atoms with Crippen LogP contribution in [-0.4, -0.2) is 33.2 Å². The minimum absolute atomic E-state index is 0.107. The van der Waals surface area contributed by atoms with E-state index in [1.54, 1.807) is 28.9 Å². The van der Waals surface area contributed by atoms with Crippen molar-refractivity contribution in [2.24, 2.45) is 0 Å². The van der Waals surface area contributed by atoms with E-state index in [0.717, 1.165) is 17.7 Å². The second-order valence-electron chi connectivity index (χ2n) is 5.84. The number of nitrogens with zero attached hydrogens (tertiary/aromatic N) is 3. The van der Waals surface area contributed by atoms with Crippen molar-refractivity contribution in [2.75, 3.05) is 17.8 Å². The molecule has 0 aliphatic carbocycles. The average Bonchev–Trinajstić information content (AvgIpc) is 3.13. The Balaban J connectivity index is 1.99. The zero-order valence-electron chi connectivity index (χ0n) is 15.0. The molecule has 6 nitrogen and oxygen atoms in total. The number of aromatic nitrogens is 3. The van der Waals surface area contributed by atoms with Crippen molar-refractivity contribution < 1.29 is 9.53 Å². The van der Waals surface area contributed by atoms with E-state index in [9.17, 15) is 4.79 Å². The van der Waals surface area contributed by atoms with E-state index in [-0.39, 0.29) is 17.8 Å². The molecule has 3 aromatic rings. The summed E-state index contributed by atoms with van der Waals surface area (Å²) in [5, 5.41) is 8.02. The smallest absolute Gasteiger partial charge is 0.336 e. The fourth-order valence-corrected chi connectivity index (χ4v) is 2.80. The van der Waals surface area contributed by atoms with Crippen molar-refractivity contribution in [1.29, 1.82) is 0 Å². The fourth-order valence-electron chi connectivity index (χ4n) is 2.43. The van der Waals surface area contributed by atoms with E-state index in [0.29, 0.717) is 28.2 Å². The number of alkyl halides is 1. The predicted octanol–water partition coefficient (Wildman–Crippen LogP) is 5.21. The topological polar surface area (TPSA) is 69.0 Å². The first-order valence-corrected chi connectivity index (χ1v) is 9.82. The number of halogens is 3. The highest BCUT2D eigenvalue weighted by atomic mass is 35.5. The third kappa shape index (κ3) is 4.76. The van der Waals surface area contributed by atoms with Gasteiger partial charge < -0.3 is 10.1 Å². The van der Waals surface area contributed by atoms with Gasteiger partial charge in [0.1, 0.15) is 5.88 Å². The van der Waals surface area contributed by atoms with Crippen LogP contribution in [0.4, 0.5) is 5.69 Å². The molecule has 1 amide bonds. The maximum absolute atomic E-state index is 11.4. The third-order valence-electron chi connectivity index (χ3n) is 3.72. The molecule has 146 valence electrons. The summed E-state index contributed by atoms with van der Waals surface area (Å²) in [6, 6.07) is 12.6. The number of carbonyl (C=O) groups excluding carboxylic acids is 1. The molecule has 0 saturated carbocycles. The Morgan fingerprint density at radius 3 is 2.54 bits per heavy atom. The standard InChI is InChI=1S/C19H17Cl3N4O2/c1-2-9-28-19-24-18(12-3-8-15(21)16(22)10-12)26(25-19)14-6-4-13(5-7-14)23-17(27)11-20/h3-8,10H,2,9,11H2,1H3,(H,23,27). The molecule has 0 aliphatic rings. The van der Waals surface area contributed by atoms with Crippen LogP contribution in [0.3, 0.4) is 0 Å². The van der Waals surface area contributed by atoms with E-state index >= 15 is 0 Å². The second-order valence-corrected chi connectivity index (χ2v) is 6.92. The van der Waals surface area contributed by atoms with Crippen LogP contribution < -0.4 is 10.1 Å². The third-order valence-corrected chi connectivity index (χ3v) is 4.70. The summed E-state index contributed by atoms with van der Waals surface area (Å²) in [6.45, 7) is 2.51. The normalized spacial score (nSPS) is 10.7. The van der Waals surface area contributed by atoms with Crippen LogP contribution >= 0.6 is 34.8 Å². The van der Waals surface area contributed by atoms with Crippen LogP contribution in [0.15, 0.2) is 42.5 Å². The monoisotopic (exact) mass is 438 g/mol. The lowest BCUT2D eigenvalue weighted by Gasteiger charge is -2.08. The summed E-state index contributed by atoms with van der Waals surface area (Å²) in [4.78, 5) is 15.9. The SMILES string of the molecule is CCCOc1nc(-c2ccc(Cl)c(Cl)c2)n(-c2ccc(NC(=O)CCl)cc2)n1. The summed E-state index contributed by atoms with van der Waals surface area (Å²) >= 11 is 17.7. The first kappa shape index (κ1) is 20.5. The van der Waals surface area contributed by atoms with Crippen molar-refractivity contribution in [3.05, 3.63) is 52.5 Å². The Morgan fingerprint density at radius 2 is 1.89 bits per heavy atom. The van der Waals surface area contributed by atoms with Crippen molar-refractivity contribution >= 4 is 46.4 Å². The van der Waals surface area contributed by atoms with Gasteiger partial charge in [0.15, 0.2) is 5.82 Å². The molecule has 28 heavy (non-hydrogen) atoms. The molecule has 0 radical (unpaired) electrons. The average molecular weight is 440 g/mol. The molecule has 0 atom stereocenters. The molecule has 1 heterocycles. The molecule has 1 N–H and O–H groups in total. The Hall–Kier alpha value is -2.28. The highest BCUT2D eigenvalue weighted by molar-refractivity contribution is 6.42. The van der Waals surface area contributed by atoms with Crippen LogP contribution in [0.2, 0.25) is 10.0 Å². The minimum Gasteiger partial charge on any atom is -0.462 e. The van der Waals surface area contributed by atoms with Gasteiger partial charge in [-0.3, -0.25) is 4.79 Å². The Bertz CT molecular complexity index is 974. The molecule has 2 aromatic carbocycles. The maximum atomic E-state index is 11.4. The molecule has 3 rings (SSSR count). The van der Waals surface area contributed by atoms with Gasteiger partial charge in [-0.2, -0.15) is 4.98 Å². The second kappa shape index (κ2) is 9.28. The minimum atomic E-state index is -0.276. The van der Waals surface area contributed by atoms with Crippen LogP contribution in [0.25, 0.3) is 17.1 Å². The van der Waals surface area contributed by atoms with Gasteiger partial charge in [0, 0.05) is 11.3 Å². The summed E-state index contributed by atoms with van der Waals surface area (Å²) < 4.78 is 7.24. The Morgan fingerprint density at radius 1 is 1.14 bits per heavy atom. The maximum Gasteiger partial charge on any atom is 0.336 e. The number of carbonyl (C=O) groups is 1. The quantitative estimate of drug-likeness (QED) is 0.513. The molecule has 0 aliphatic heterocycles. The largest absolute Gasteiger partial charge is 0.462 e. The van der Waals surface area contributed by atoms with Gasteiger partial charge in [0.25, 0.3) is 0 Å². The number of anilines is 1. The van der Waals surface area contributed by atoms with Crippen molar-refractivity contribution in [2.45, 2.75) is 13.3 Å². The summed E-state index contributed by atoms with van der Waals surface area (Å²) in [7, 11) is 0. The zero-order chi connectivity index (χ0) is 20.1. The number of amides is 1. The van der Waals surface area contributed by atoms with Gasteiger partial charge in [-0.25, -0.2) is 4.68 Å². The van der Waals surface area contributed by atoms with Gasteiger partial charge in [0.05, 0.1) is 22.3 Å². The lowest BCUT2D eigenvalue weighted by atomic mass is 10.2. The van der Waals surface area contributed by atoms with Crippen molar-refractivity contribution in [1.82, 2.24) is 14.8 Å². The van der Waals surface area contributed by atoms with E-state index in [1.165, 1.54) is 0 Å². The molecule has 0 saturated heterocycles. The van der Waals surface area contributed by atoms with E-state index < -0.39 is 0 Å². The van der Waals surface area contributed by atoms with Crippen LogP contribution in [0.5, 0.6) is 6.01 Å². The van der Waals surface area contributed by atoms with Crippen LogP contribution in [0.1, 0.15) is 13.3 Å². The van der Waals surface area contributed by atoms with E-state index in [1.807, 2.05) is 25.1 Å². The van der Waals surface area contributed by atoms with Crippen molar-refractivity contribution in [3.63, 3.8) is 0 Å². The lowest BCUT2D eigenvalue weighted by molar-refractivity contribution is -0.113. The first-order chi connectivity index (χ1) is 13.5. The number of hydrogen-bond donors (Lipinski definition) is 1. The molecule has 0 spiro atoms. The van der Waals surface area contributed by atoms with E-state index in [2.05, 4.69) is 15.4 Å². The fraction of sp³-hybridized carbons (Fsp3) is 0.211. The van der Waals surface area contributed by atoms with Gasteiger partial charge in [-0.05, 0) is 48.9 Å².